The van der Waals surface area contributed by atoms with Crippen LogP contribution in [-0.2, 0) is 9.47 Å². The van der Waals surface area contributed by atoms with Crippen molar-refractivity contribution in [1.82, 2.24) is 24.8 Å². The molecule has 2 aromatic heterocycles. The van der Waals surface area contributed by atoms with E-state index in [0.717, 1.165) is 32.2 Å². The molecule has 0 spiro atoms. The molecule has 12 nitrogen and oxygen atoms in total. The molecule has 0 N–H and O–H groups in total. The van der Waals surface area contributed by atoms with Gasteiger partial charge in [-0.3, -0.25) is 9.80 Å². The molecule has 7 heterocycles. The van der Waals surface area contributed by atoms with Gasteiger partial charge in [-0.1, -0.05) is 12.1 Å². The highest BCUT2D eigenvalue weighted by atomic mass is 19.1. The second-order valence-corrected chi connectivity index (χ2v) is 16.0. The lowest BCUT2D eigenvalue weighted by Crippen LogP contribution is -2.63. The number of methoxy groups -OCH3 is 1. The van der Waals surface area contributed by atoms with Gasteiger partial charge in [0.05, 0.1) is 34.9 Å². The molecule has 0 aliphatic carbocycles. The minimum atomic E-state index is -0.897. The number of nitrogens with zero attached hydrogens (tertiary/aromatic N) is 6. The van der Waals surface area contributed by atoms with Gasteiger partial charge in [-0.15, -0.1) is 0 Å². The number of rotatable bonds is 7. The van der Waals surface area contributed by atoms with E-state index in [9.17, 15) is 9.18 Å². The van der Waals surface area contributed by atoms with E-state index >= 15 is 4.39 Å². The summed E-state index contributed by atoms with van der Waals surface area (Å²) >= 11 is 0. The maximum absolute atomic E-state index is 15.6. The molecular formula is C39H44F2N6O6. The SMILES string of the molecule is COCOc1cc(-c2cc3nc(OC[C@]45CCCN4C[C@H](F)C5)nc4c3c(n2)OC[C@H]2[C@H]3CC[C@@H](CN42)N3C(=O)OC(C)(C)C)c2c(F)cccc2c1. The number of fused-ring (bicyclic) bond motifs is 7. The monoisotopic (exact) mass is 730 g/mol. The second-order valence-electron chi connectivity index (χ2n) is 16.0. The van der Waals surface area contributed by atoms with Gasteiger partial charge in [0.25, 0.3) is 0 Å². The van der Waals surface area contributed by atoms with E-state index < -0.39 is 23.1 Å². The number of anilines is 1. The van der Waals surface area contributed by atoms with Crippen molar-refractivity contribution in [3.05, 3.63) is 42.2 Å². The maximum atomic E-state index is 15.6. The average Bonchev–Trinajstić information content (AvgIpc) is 3.72. The maximum Gasteiger partial charge on any atom is 0.410 e. The summed E-state index contributed by atoms with van der Waals surface area (Å²) < 4.78 is 60.2. The van der Waals surface area contributed by atoms with Crippen LogP contribution in [0.5, 0.6) is 17.6 Å². The third kappa shape index (κ3) is 5.94. The number of amides is 1. The Balaban J connectivity index is 1.17. The molecule has 280 valence electrons. The van der Waals surface area contributed by atoms with Crippen LogP contribution in [0, 0.1) is 5.82 Å². The van der Waals surface area contributed by atoms with Gasteiger partial charge in [-0.25, -0.2) is 18.6 Å². The van der Waals surface area contributed by atoms with E-state index in [1.807, 2.05) is 31.7 Å². The summed E-state index contributed by atoms with van der Waals surface area (Å²) in [5.74, 6) is 0.985. The molecule has 5 aliphatic rings. The zero-order valence-electron chi connectivity index (χ0n) is 30.4. The van der Waals surface area contributed by atoms with Crippen molar-refractivity contribution in [2.45, 2.75) is 88.3 Å². The first kappa shape index (κ1) is 34.2. The Bertz CT molecular complexity index is 2100. The van der Waals surface area contributed by atoms with Crippen LogP contribution in [0.15, 0.2) is 36.4 Å². The normalized spacial score (nSPS) is 26.4. The Morgan fingerprint density at radius 1 is 1.06 bits per heavy atom. The third-order valence-corrected chi connectivity index (χ3v) is 11.4. The Labute approximate surface area is 306 Å². The van der Waals surface area contributed by atoms with Gasteiger partial charge >= 0.3 is 12.1 Å². The molecule has 1 amide bonds. The molecule has 2 aromatic carbocycles. The molecule has 0 unspecified atom stereocenters. The number of benzene rings is 2. The quantitative estimate of drug-likeness (QED) is 0.201. The molecule has 0 radical (unpaired) electrons. The summed E-state index contributed by atoms with van der Waals surface area (Å²) in [6.07, 6.45) is 2.61. The molecule has 4 saturated heterocycles. The molecule has 0 saturated carbocycles. The van der Waals surface area contributed by atoms with E-state index in [2.05, 4.69) is 9.80 Å². The first-order valence-corrected chi connectivity index (χ1v) is 18.5. The van der Waals surface area contributed by atoms with Crippen LogP contribution in [0.1, 0.15) is 52.9 Å². The van der Waals surface area contributed by atoms with Gasteiger partial charge in [0.1, 0.15) is 47.8 Å². The predicted molar refractivity (Wildman–Crippen MR) is 193 cm³/mol. The standard InChI is InChI=1S/C39H44F2N6O6/c1-38(2,3)53-37(48)47-24-9-10-30(47)31-19-50-35-33-29(15-28(42-35)26-14-25(52-21-49-4)13-22-7-5-8-27(41)32(22)26)43-36(44-34(33)46(31)18-24)51-20-39-11-6-12-45(39)17-23(40)16-39/h5,7-8,13-15,23-24,30-31H,6,9-12,16-21H2,1-4H3/t23-,24+,30-,31+,39-/m1/s1. The number of ether oxygens (including phenoxy) is 5. The zero-order valence-corrected chi connectivity index (χ0v) is 30.4. The van der Waals surface area contributed by atoms with Gasteiger partial charge in [-0.05, 0) is 82.7 Å². The van der Waals surface area contributed by atoms with Crippen molar-refractivity contribution in [2.24, 2.45) is 0 Å². The number of carbonyl (C=O) groups excluding carboxylic acids is 1. The van der Waals surface area contributed by atoms with Crippen LogP contribution in [0.3, 0.4) is 0 Å². The zero-order chi connectivity index (χ0) is 36.6. The summed E-state index contributed by atoms with van der Waals surface area (Å²) in [5, 5.41) is 1.62. The number of aromatic nitrogens is 3. The lowest BCUT2D eigenvalue weighted by atomic mass is 9.95. The van der Waals surface area contributed by atoms with Crippen molar-refractivity contribution < 1.29 is 37.3 Å². The number of halogens is 2. The van der Waals surface area contributed by atoms with Crippen LogP contribution in [-0.4, -0.2) is 113 Å². The van der Waals surface area contributed by atoms with Crippen LogP contribution < -0.4 is 19.1 Å². The van der Waals surface area contributed by atoms with Gasteiger partial charge in [-0.2, -0.15) is 9.97 Å². The molecule has 4 aromatic rings. The minimum absolute atomic E-state index is 0.0127. The van der Waals surface area contributed by atoms with Crippen molar-refractivity contribution in [2.75, 3.05) is 51.7 Å². The highest BCUT2D eigenvalue weighted by Crippen LogP contribution is 2.46. The molecule has 4 fully saturated rings. The summed E-state index contributed by atoms with van der Waals surface area (Å²) in [6.45, 7) is 7.86. The first-order valence-electron chi connectivity index (χ1n) is 18.5. The molecular weight excluding hydrogens is 686 g/mol. The minimum Gasteiger partial charge on any atom is -0.475 e. The molecule has 2 bridgehead atoms. The highest BCUT2D eigenvalue weighted by Gasteiger charge is 2.52. The number of hydrogen-bond acceptors (Lipinski definition) is 11. The Morgan fingerprint density at radius 3 is 2.75 bits per heavy atom. The van der Waals surface area contributed by atoms with E-state index in [1.165, 1.54) is 13.2 Å². The van der Waals surface area contributed by atoms with Gasteiger partial charge in [0.2, 0.25) is 5.88 Å². The van der Waals surface area contributed by atoms with Crippen LogP contribution >= 0.6 is 0 Å². The summed E-state index contributed by atoms with van der Waals surface area (Å²) in [5.41, 5.74) is 0.392. The van der Waals surface area contributed by atoms with Crippen molar-refractivity contribution in [3.8, 4) is 28.9 Å². The summed E-state index contributed by atoms with van der Waals surface area (Å²) in [7, 11) is 1.53. The Hall–Kier alpha value is -4.56. The van der Waals surface area contributed by atoms with Crippen LogP contribution in [0.25, 0.3) is 32.9 Å². The third-order valence-electron chi connectivity index (χ3n) is 11.4. The van der Waals surface area contributed by atoms with E-state index in [-0.39, 0.29) is 50.2 Å². The van der Waals surface area contributed by atoms with Crippen molar-refractivity contribution >= 4 is 33.6 Å². The van der Waals surface area contributed by atoms with Crippen molar-refractivity contribution in [1.29, 1.82) is 0 Å². The number of piperazine rings is 1. The highest BCUT2D eigenvalue weighted by molar-refractivity contribution is 6.01. The fourth-order valence-electron chi connectivity index (χ4n) is 9.26. The summed E-state index contributed by atoms with van der Waals surface area (Å²) in [6, 6.07) is 9.82. The van der Waals surface area contributed by atoms with Crippen LogP contribution in [0.2, 0.25) is 0 Å². The van der Waals surface area contributed by atoms with Crippen LogP contribution in [0.4, 0.5) is 19.4 Å². The van der Waals surface area contributed by atoms with Gasteiger partial charge in [0.15, 0.2) is 6.79 Å². The van der Waals surface area contributed by atoms with Gasteiger partial charge in [0, 0.05) is 37.6 Å². The molecule has 5 aliphatic heterocycles. The fourth-order valence-corrected chi connectivity index (χ4v) is 9.26. The Morgan fingerprint density at radius 2 is 1.92 bits per heavy atom. The summed E-state index contributed by atoms with van der Waals surface area (Å²) in [4.78, 5) is 34.8. The molecule has 53 heavy (non-hydrogen) atoms. The van der Waals surface area contributed by atoms with E-state index in [1.54, 1.807) is 24.3 Å². The van der Waals surface area contributed by atoms with E-state index in [0.29, 0.717) is 69.9 Å². The first-order chi connectivity index (χ1) is 25.5. The number of carbonyl (C=O) groups is 1. The Kier molecular flexibility index (Phi) is 8.26. The molecule has 9 rings (SSSR count). The smallest absolute Gasteiger partial charge is 0.410 e. The lowest BCUT2D eigenvalue weighted by molar-refractivity contribution is 0.00537. The van der Waals surface area contributed by atoms with Gasteiger partial charge < -0.3 is 28.6 Å². The number of hydrogen-bond donors (Lipinski definition) is 0. The van der Waals surface area contributed by atoms with Crippen molar-refractivity contribution in [3.63, 3.8) is 0 Å². The average molecular weight is 731 g/mol. The second kappa shape index (κ2) is 12.8. The largest absolute Gasteiger partial charge is 0.475 e. The number of pyridine rings is 1. The van der Waals surface area contributed by atoms with E-state index in [4.69, 9.17) is 38.6 Å². The topological polar surface area (TPSA) is 112 Å². The predicted octanol–water partition coefficient (Wildman–Crippen LogP) is 6.27. The lowest BCUT2D eigenvalue weighted by Gasteiger charge is -2.46. The molecule has 14 heteroatoms. The number of alkyl halides is 1. The fraction of sp³-hybridized carbons (Fsp3) is 0.538. The molecule has 5 atom stereocenters.